The molecule has 0 nitrogen and oxygen atoms in total. The Bertz CT molecular complexity index is 180. The van der Waals surface area contributed by atoms with Gasteiger partial charge < -0.3 is 0 Å². The average molecular weight is 200 g/mol. The van der Waals surface area contributed by atoms with Gasteiger partial charge in [-0.25, -0.2) is 0 Å². The molecule has 0 radical (unpaired) electrons. The van der Waals surface area contributed by atoms with Crippen LogP contribution in [0, 0.1) is 5.92 Å². The molecule has 0 aromatic rings. The van der Waals surface area contributed by atoms with Crippen LogP contribution in [0.2, 0.25) is 0 Å². The first-order valence-corrected chi connectivity index (χ1v) is 7.14. The van der Waals surface area contributed by atoms with Crippen LogP contribution in [-0.2, 0) is 0 Å². The molecule has 0 N–H and O–H groups in total. The minimum Gasteiger partial charge on any atom is -0.0813 e. The van der Waals surface area contributed by atoms with Gasteiger partial charge in [0.25, 0.3) is 0 Å². The highest BCUT2D eigenvalue weighted by Gasteiger charge is 2.27. The maximum Gasteiger partial charge on any atom is 0.0397 e. The van der Waals surface area contributed by atoms with Crippen LogP contribution < -0.4 is 0 Å². The van der Waals surface area contributed by atoms with Gasteiger partial charge in [0.05, 0.1) is 0 Å². The predicted molar refractivity (Wildman–Crippen MR) is 59.3 cm³/mol. The van der Waals surface area contributed by atoms with Gasteiger partial charge in [0, 0.05) is 5.25 Å². The molecule has 0 amide bonds. The topological polar surface area (TPSA) is 0 Å². The first-order valence-electron chi connectivity index (χ1n) is 4.87. The Morgan fingerprint density at radius 1 is 1.25 bits per heavy atom. The standard InChI is InChI=1S/C10H16S2/c1-8-7-11-12-10(8)9-5-3-2-4-6-9/h7,9-10H,2-6H2,1H3. The Labute approximate surface area is 83.0 Å². The van der Waals surface area contributed by atoms with Crippen molar-refractivity contribution >= 4 is 21.6 Å². The lowest BCUT2D eigenvalue weighted by atomic mass is 9.85. The van der Waals surface area contributed by atoms with Gasteiger partial charge in [-0.2, -0.15) is 0 Å². The maximum atomic E-state index is 2.34. The molecule has 0 aromatic carbocycles. The Balaban J connectivity index is 1.94. The van der Waals surface area contributed by atoms with Crippen LogP contribution in [0.4, 0.5) is 0 Å². The van der Waals surface area contributed by atoms with Crippen molar-refractivity contribution in [3.8, 4) is 0 Å². The van der Waals surface area contributed by atoms with Crippen molar-refractivity contribution < 1.29 is 0 Å². The van der Waals surface area contributed by atoms with Crippen molar-refractivity contribution in [1.82, 2.24) is 0 Å². The molecule has 1 aliphatic heterocycles. The summed E-state index contributed by atoms with van der Waals surface area (Å²) in [6.45, 7) is 2.30. The molecule has 1 aliphatic carbocycles. The molecule has 2 aliphatic rings. The third-order valence-electron chi connectivity index (χ3n) is 2.92. The zero-order valence-electron chi connectivity index (χ0n) is 7.58. The van der Waals surface area contributed by atoms with E-state index in [1.165, 1.54) is 32.1 Å². The van der Waals surface area contributed by atoms with Crippen LogP contribution in [-0.4, -0.2) is 5.25 Å². The summed E-state index contributed by atoms with van der Waals surface area (Å²) in [5.74, 6) is 0.995. The lowest BCUT2D eigenvalue weighted by molar-refractivity contribution is 0.364. The van der Waals surface area contributed by atoms with Gasteiger partial charge in [0.1, 0.15) is 0 Å². The summed E-state index contributed by atoms with van der Waals surface area (Å²) in [6.07, 6.45) is 7.37. The van der Waals surface area contributed by atoms with Gasteiger partial charge >= 0.3 is 0 Å². The van der Waals surface area contributed by atoms with E-state index in [4.69, 9.17) is 0 Å². The van der Waals surface area contributed by atoms with E-state index in [0.717, 1.165) is 11.2 Å². The molecular formula is C10H16S2. The van der Waals surface area contributed by atoms with E-state index < -0.39 is 0 Å². The Morgan fingerprint density at radius 3 is 2.58 bits per heavy atom. The predicted octanol–water partition coefficient (Wildman–Crippen LogP) is 4.23. The minimum atomic E-state index is 0.857. The molecule has 0 spiro atoms. The van der Waals surface area contributed by atoms with Crippen LogP contribution in [0.5, 0.6) is 0 Å². The SMILES string of the molecule is CC1=CSSC1C1CCCCC1. The smallest absolute Gasteiger partial charge is 0.0397 e. The fourth-order valence-corrected chi connectivity index (χ4v) is 5.31. The van der Waals surface area contributed by atoms with Crippen LogP contribution in [0.1, 0.15) is 39.0 Å². The van der Waals surface area contributed by atoms with Crippen LogP contribution in [0.15, 0.2) is 11.0 Å². The zero-order chi connectivity index (χ0) is 8.39. The molecule has 12 heavy (non-hydrogen) atoms. The maximum absolute atomic E-state index is 2.34. The summed E-state index contributed by atoms with van der Waals surface area (Å²) in [6, 6.07) is 0. The van der Waals surface area contributed by atoms with Crippen molar-refractivity contribution in [2.75, 3.05) is 0 Å². The van der Waals surface area contributed by atoms with Crippen molar-refractivity contribution in [3.05, 3.63) is 11.0 Å². The second-order valence-electron chi connectivity index (χ2n) is 3.87. The van der Waals surface area contributed by atoms with E-state index in [2.05, 4.69) is 23.1 Å². The number of hydrogen-bond donors (Lipinski definition) is 0. The van der Waals surface area contributed by atoms with E-state index in [0.29, 0.717) is 0 Å². The van der Waals surface area contributed by atoms with Gasteiger partial charge in [0.15, 0.2) is 0 Å². The van der Waals surface area contributed by atoms with Gasteiger partial charge in [0.2, 0.25) is 0 Å². The Hall–Kier alpha value is 0.440. The summed E-state index contributed by atoms with van der Waals surface area (Å²) in [5, 5.41) is 3.19. The highest BCUT2D eigenvalue weighted by atomic mass is 33.1. The molecule has 1 heterocycles. The largest absolute Gasteiger partial charge is 0.0813 e. The van der Waals surface area contributed by atoms with Gasteiger partial charge in [-0.3, -0.25) is 0 Å². The minimum absolute atomic E-state index is 0.857. The van der Waals surface area contributed by atoms with E-state index in [1.807, 2.05) is 10.8 Å². The van der Waals surface area contributed by atoms with Crippen LogP contribution >= 0.6 is 21.6 Å². The molecule has 1 saturated carbocycles. The lowest BCUT2D eigenvalue weighted by Crippen LogP contribution is -2.19. The summed E-state index contributed by atoms with van der Waals surface area (Å²) < 4.78 is 0. The number of rotatable bonds is 1. The highest BCUT2D eigenvalue weighted by molar-refractivity contribution is 8.78. The van der Waals surface area contributed by atoms with Crippen LogP contribution in [0.3, 0.4) is 0 Å². The van der Waals surface area contributed by atoms with E-state index in [9.17, 15) is 0 Å². The summed E-state index contributed by atoms with van der Waals surface area (Å²) in [5.41, 5.74) is 1.62. The summed E-state index contributed by atoms with van der Waals surface area (Å²) >= 11 is 0. The Kier molecular flexibility index (Phi) is 3.08. The van der Waals surface area contributed by atoms with Gasteiger partial charge in [-0.15, -0.1) is 0 Å². The first-order chi connectivity index (χ1) is 5.88. The van der Waals surface area contributed by atoms with E-state index in [-0.39, 0.29) is 0 Å². The molecule has 0 aromatic heterocycles. The van der Waals surface area contributed by atoms with E-state index >= 15 is 0 Å². The number of hydrogen-bond acceptors (Lipinski definition) is 2. The molecule has 1 unspecified atom stereocenters. The monoisotopic (exact) mass is 200 g/mol. The fraction of sp³-hybridized carbons (Fsp3) is 0.800. The van der Waals surface area contributed by atoms with Crippen molar-refractivity contribution in [3.63, 3.8) is 0 Å². The molecule has 1 fully saturated rings. The second-order valence-corrected chi connectivity index (χ2v) is 6.16. The quantitative estimate of drug-likeness (QED) is 0.581. The van der Waals surface area contributed by atoms with Crippen molar-refractivity contribution in [2.45, 2.75) is 44.3 Å². The summed E-state index contributed by atoms with van der Waals surface area (Å²) in [4.78, 5) is 0. The molecule has 0 saturated heterocycles. The first kappa shape index (κ1) is 9.01. The van der Waals surface area contributed by atoms with Crippen LogP contribution in [0.25, 0.3) is 0 Å². The Morgan fingerprint density at radius 2 is 2.00 bits per heavy atom. The van der Waals surface area contributed by atoms with Gasteiger partial charge in [-0.1, -0.05) is 46.4 Å². The lowest BCUT2D eigenvalue weighted by Gasteiger charge is -2.27. The third-order valence-corrected chi connectivity index (χ3v) is 5.71. The molecule has 1 atom stereocenters. The molecule has 68 valence electrons. The molecule has 2 rings (SSSR count). The van der Waals surface area contributed by atoms with Crippen molar-refractivity contribution in [1.29, 1.82) is 0 Å². The second kappa shape index (κ2) is 4.10. The molecule has 2 heteroatoms. The van der Waals surface area contributed by atoms with Crippen molar-refractivity contribution in [2.24, 2.45) is 5.92 Å². The van der Waals surface area contributed by atoms with Gasteiger partial charge in [-0.05, 0) is 31.1 Å². The average Bonchev–Trinajstić information content (AvgIpc) is 2.53. The normalized spacial score (nSPS) is 32.1. The molecular weight excluding hydrogens is 184 g/mol. The fourth-order valence-electron chi connectivity index (χ4n) is 2.19. The highest BCUT2D eigenvalue weighted by Crippen LogP contribution is 2.47. The zero-order valence-corrected chi connectivity index (χ0v) is 9.22. The summed E-state index contributed by atoms with van der Waals surface area (Å²) in [7, 11) is 4.02. The third kappa shape index (κ3) is 1.85. The van der Waals surface area contributed by atoms with E-state index in [1.54, 1.807) is 5.57 Å². The molecule has 0 bridgehead atoms.